The molecular formula is C22H32N6O. The van der Waals surface area contributed by atoms with Gasteiger partial charge in [-0.1, -0.05) is 30.3 Å². The van der Waals surface area contributed by atoms with E-state index in [0.29, 0.717) is 19.1 Å². The normalized spacial score (nSPS) is 19.9. The first kappa shape index (κ1) is 20.0. The third-order valence-corrected chi connectivity index (χ3v) is 6.02. The summed E-state index contributed by atoms with van der Waals surface area (Å²) in [6, 6.07) is 10.7. The summed E-state index contributed by atoms with van der Waals surface area (Å²) in [6.45, 7) is 8.90. The van der Waals surface area contributed by atoms with Crippen LogP contribution in [0.1, 0.15) is 49.9 Å². The second-order valence-corrected chi connectivity index (χ2v) is 8.40. The molecule has 1 amide bonds. The Labute approximate surface area is 173 Å². The summed E-state index contributed by atoms with van der Waals surface area (Å²) in [5, 5.41) is 12.4. The molecule has 0 aliphatic carbocycles. The number of aromatic nitrogens is 3. The molecule has 156 valence electrons. The summed E-state index contributed by atoms with van der Waals surface area (Å²) in [4.78, 5) is 17.3. The number of amides is 1. The molecule has 0 radical (unpaired) electrons. The molecule has 2 aromatic rings. The van der Waals surface area contributed by atoms with Crippen molar-refractivity contribution in [3.63, 3.8) is 0 Å². The van der Waals surface area contributed by atoms with Gasteiger partial charge >= 0.3 is 0 Å². The summed E-state index contributed by atoms with van der Waals surface area (Å²) in [5.41, 5.74) is 1.17. The number of hydrogen-bond acceptors (Lipinski definition) is 5. The third kappa shape index (κ3) is 4.67. The van der Waals surface area contributed by atoms with E-state index in [0.717, 1.165) is 50.7 Å². The highest BCUT2D eigenvalue weighted by Crippen LogP contribution is 2.23. The van der Waals surface area contributed by atoms with E-state index in [2.05, 4.69) is 51.0 Å². The summed E-state index contributed by atoms with van der Waals surface area (Å²) in [5.74, 6) is 2.31. The first-order chi connectivity index (χ1) is 14.1. The fourth-order valence-corrected chi connectivity index (χ4v) is 4.33. The summed E-state index contributed by atoms with van der Waals surface area (Å²) in [6.07, 6.45) is 3.16. The molecule has 7 nitrogen and oxygen atoms in total. The van der Waals surface area contributed by atoms with Crippen molar-refractivity contribution < 1.29 is 4.79 Å². The van der Waals surface area contributed by atoms with Gasteiger partial charge in [0.15, 0.2) is 0 Å². The van der Waals surface area contributed by atoms with Crippen LogP contribution in [0.15, 0.2) is 30.3 Å². The topological polar surface area (TPSA) is 66.3 Å². The zero-order chi connectivity index (χ0) is 20.2. The highest BCUT2D eigenvalue weighted by atomic mass is 16.2. The number of benzene rings is 1. The number of carbonyl (C=O) groups is 1. The van der Waals surface area contributed by atoms with Crippen LogP contribution in [0.2, 0.25) is 0 Å². The number of fused-ring (bicyclic) bond motifs is 1. The van der Waals surface area contributed by atoms with Crippen LogP contribution >= 0.6 is 0 Å². The zero-order valence-corrected chi connectivity index (χ0v) is 17.5. The third-order valence-electron chi connectivity index (χ3n) is 6.02. The van der Waals surface area contributed by atoms with Crippen molar-refractivity contribution in [2.75, 3.05) is 26.2 Å². The molecule has 0 spiro atoms. The Balaban J connectivity index is 1.38. The molecule has 1 saturated heterocycles. The second kappa shape index (κ2) is 9.05. The summed E-state index contributed by atoms with van der Waals surface area (Å²) < 4.78 is 2.28. The number of rotatable bonds is 6. The number of carbonyl (C=O) groups excluding carboxylic acids is 1. The van der Waals surface area contributed by atoms with Crippen molar-refractivity contribution >= 4 is 5.91 Å². The minimum atomic E-state index is 0.175. The van der Waals surface area contributed by atoms with Crippen LogP contribution in [-0.4, -0.2) is 62.7 Å². The van der Waals surface area contributed by atoms with Crippen LogP contribution in [0.4, 0.5) is 0 Å². The second-order valence-electron chi connectivity index (χ2n) is 8.40. The van der Waals surface area contributed by atoms with E-state index in [1.54, 1.807) is 0 Å². The van der Waals surface area contributed by atoms with Crippen molar-refractivity contribution in [3.05, 3.63) is 47.5 Å². The lowest BCUT2D eigenvalue weighted by Crippen LogP contribution is -2.44. The highest BCUT2D eigenvalue weighted by molar-refractivity contribution is 5.78. The zero-order valence-electron chi connectivity index (χ0n) is 17.5. The molecule has 4 rings (SSSR count). The Bertz CT molecular complexity index is 812. The van der Waals surface area contributed by atoms with Gasteiger partial charge in [-0.15, -0.1) is 10.2 Å². The van der Waals surface area contributed by atoms with Crippen molar-refractivity contribution in [2.45, 2.75) is 58.3 Å². The minimum absolute atomic E-state index is 0.175. The van der Waals surface area contributed by atoms with E-state index in [1.807, 2.05) is 23.1 Å². The molecule has 1 aromatic carbocycles. The Hall–Kier alpha value is -2.25. The first-order valence-corrected chi connectivity index (χ1v) is 10.8. The predicted molar refractivity (Wildman–Crippen MR) is 112 cm³/mol. The molecule has 3 heterocycles. The quantitative estimate of drug-likeness (QED) is 0.809. The molecule has 29 heavy (non-hydrogen) atoms. The van der Waals surface area contributed by atoms with Crippen LogP contribution in [-0.2, 0) is 24.3 Å². The minimum Gasteiger partial charge on any atom is -0.335 e. The van der Waals surface area contributed by atoms with Gasteiger partial charge in [-0.25, -0.2) is 0 Å². The van der Waals surface area contributed by atoms with Gasteiger partial charge < -0.3 is 14.8 Å². The van der Waals surface area contributed by atoms with E-state index < -0.39 is 0 Å². The van der Waals surface area contributed by atoms with Crippen LogP contribution in [0.3, 0.4) is 0 Å². The maximum absolute atomic E-state index is 13.1. The lowest BCUT2D eigenvalue weighted by molar-refractivity contribution is -0.134. The van der Waals surface area contributed by atoms with E-state index in [4.69, 9.17) is 0 Å². The number of nitrogens with zero attached hydrogens (tertiary/aromatic N) is 5. The van der Waals surface area contributed by atoms with Gasteiger partial charge in [0.1, 0.15) is 11.6 Å². The molecule has 2 aliphatic rings. The average molecular weight is 397 g/mol. The summed E-state index contributed by atoms with van der Waals surface area (Å²) >= 11 is 0. The van der Waals surface area contributed by atoms with Gasteiger partial charge in [0.2, 0.25) is 5.91 Å². The Morgan fingerprint density at radius 2 is 2.03 bits per heavy atom. The van der Waals surface area contributed by atoms with E-state index >= 15 is 0 Å². The smallest absolute Gasteiger partial charge is 0.237 e. The molecule has 1 N–H and O–H groups in total. The van der Waals surface area contributed by atoms with Gasteiger partial charge in [0.05, 0.1) is 12.6 Å². The highest BCUT2D eigenvalue weighted by Gasteiger charge is 2.27. The monoisotopic (exact) mass is 396 g/mol. The van der Waals surface area contributed by atoms with Gasteiger partial charge in [-0.05, 0) is 38.8 Å². The summed E-state index contributed by atoms with van der Waals surface area (Å²) in [7, 11) is 0. The Kier molecular flexibility index (Phi) is 6.25. The molecule has 0 bridgehead atoms. The molecule has 1 atom stereocenters. The standard InChI is InChI=1S/C22H32N6O/c1-17(2)28(15-18-7-4-3-5-8-18)21(29)16-26-12-10-20-24-25-22(27(20)14-13-26)19-9-6-11-23-19/h3-5,7-8,17,19,23H,6,9-16H2,1-2H3/t19-/m1/s1. The van der Waals surface area contributed by atoms with Crippen LogP contribution in [0.25, 0.3) is 0 Å². The fraction of sp³-hybridized carbons (Fsp3) is 0.591. The Morgan fingerprint density at radius 3 is 2.76 bits per heavy atom. The van der Waals surface area contributed by atoms with Gasteiger partial charge in [-0.3, -0.25) is 9.69 Å². The van der Waals surface area contributed by atoms with E-state index in [1.165, 1.54) is 12.0 Å². The fourth-order valence-electron chi connectivity index (χ4n) is 4.33. The van der Waals surface area contributed by atoms with Crippen LogP contribution < -0.4 is 5.32 Å². The molecule has 0 unspecified atom stereocenters. The lowest BCUT2D eigenvalue weighted by atomic mass is 10.2. The van der Waals surface area contributed by atoms with Crippen molar-refractivity contribution in [1.29, 1.82) is 0 Å². The number of hydrogen-bond donors (Lipinski definition) is 1. The maximum Gasteiger partial charge on any atom is 0.237 e. The van der Waals surface area contributed by atoms with Gasteiger partial charge in [0.25, 0.3) is 0 Å². The predicted octanol–water partition coefficient (Wildman–Crippen LogP) is 2.00. The number of nitrogens with one attached hydrogen (secondary N) is 1. The van der Waals surface area contributed by atoms with Gasteiger partial charge in [-0.2, -0.15) is 0 Å². The molecule has 1 fully saturated rings. The molecule has 7 heteroatoms. The van der Waals surface area contributed by atoms with Crippen molar-refractivity contribution in [3.8, 4) is 0 Å². The average Bonchev–Trinajstić information content (AvgIpc) is 3.34. The van der Waals surface area contributed by atoms with Crippen LogP contribution in [0.5, 0.6) is 0 Å². The van der Waals surface area contributed by atoms with Gasteiger partial charge in [0, 0.05) is 38.6 Å². The van der Waals surface area contributed by atoms with Crippen molar-refractivity contribution in [2.24, 2.45) is 0 Å². The molecular weight excluding hydrogens is 364 g/mol. The van der Waals surface area contributed by atoms with Crippen LogP contribution in [0, 0.1) is 0 Å². The first-order valence-electron chi connectivity index (χ1n) is 10.8. The molecule has 2 aliphatic heterocycles. The van der Waals surface area contributed by atoms with E-state index in [9.17, 15) is 4.79 Å². The Morgan fingerprint density at radius 1 is 1.21 bits per heavy atom. The largest absolute Gasteiger partial charge is 0.335 e. The molecule has 1 aromatic heterocycles. The van der Waals surface area contributed by atoms with Crippen molar-refractivity contribution in [1.82, 2.24) is 29.9 Å². The SMILES string of the molecule is CC(C)N(Cc1ccccc1)C(=O)CN1CCc2nnc([C@H]3CCCN3)n2CC1. The molecule has 0 saturated carbocycles. The maximum atomic E-state index is 13.1. The van der Waals surface area contributed by atoms with E-state index in [-0.39, 0.29) is 11.9 Å². The lowest BCUT2D eigenvalue weighted by Gasteiger charge is -2.30.